The van der Waals surface area contributed by atoms with Crippen molar-refractivity contribution in [3.05, 3.63) is 35.9 Å². The topological polar surface area (TPSA) is 29.3 Å². The van der Waals surface area contributed by atoms with Crippen molar-refractivity contribution in [1.29, 1.82) is 0 Å². The van der Waals surface area contributed by atoms with E-state index in [-0.39, 0.29) is 0 Å². The highest BCUT2D eigenvalue weighted by Gasteiger charge is 2.36. The van der Waals surface area contributed by atoms with Crippen LogP contribution in [0.25, 0.3) is 0 Å². The molecular formula is C15H22N2. The molecule has 1 aromatic carbocycles. The van der Waals surface area contributed by atoms with E-state index in [1.54, 1.807) is 0 Å². The fourth-order valence-corrected chi connectivity index (χ4v) is 3.31. The van der Waals surface area contributed by atoms with Gasteiger partial charge in [0.05, 0.1) is 0 Å². The first-order valence-corrected chi connectivity index (χ1v) is 6.89. The van der Waals surface area contributed by atoms with Gasteiger partial charge in [-0.15, -0.1) is 0 Å². The Bertz CT molecular complexity index is 356. The standard InChI is InChI=1S/C15H22N2/c16-14-8-4-5-9-15(14)17-10-13(11-17)12-6-2-1-3-7-12/h1-3,6-7,13-15H,4-5,8-11,16H2. The molecule has 1 aromatic rings. The average molecular weight is 230 g/mol. The van der Waals surface area contributed by atoms with Crippen molar-refractivity contribution in [2.45, 2.75) is 43.7 Å². The van der Waals surface area contributed by atoms with Crippen LogP contribution in [0.4, 0.5) is 0 Å². The number of likely N-dealkylation sites (tertiary alicyclic amines) is 1. The molecule has 1 saturated carbocycles. The van der Waals surface area contributed by atoms with Crippen molar-refractivity contribution in [3.8, 4) is 0 Å². The Balaban J connectivity index is 1.57. The molecule has 1 saturated heterocycles. The summed E-state index contributed by atoms with van der Waals surface area (Å²) in [7, 11) is 0. The molecule has 2 aliphatic rings. The lowest BCUT2D eigenvalue weighted by atomic mass is 9.84. The van der Waals surface area contributed by atoms with Crippen molar-refractivity contribution < 1.29 is 0 Å². The Morgan fingerprint density at radius 3 is 2.41 bits per heavy atom. The maximum atomic E-state index is 6.23. The number of benzene rings is 1. The fourth-order valence-electron chi connectivity index (χ4n) is 3.31. The number of hydrogen-bond acceptors (Lipinski definition) is 2. The van der Waals surface area contributed by atoms with E-state index in [1.807, 2.05) is 0 Å². The van der Waals surface area contributed by atoms with Crippen LogP contribution in [0.2, 0.25) is 0 Å². The van der Waals surface area contributed by atoms with Gasteiger partial charge in [-0.2, -0.15) is 0 Å². The Morgan fingerprint density at radius 1 is 1.00 bits per heavy atom. The molecule has 1 heterocycles. The minimum Gasteiger partial charge on any atom is -0.326 e. The maximum absolute atomic E-state index is 6.23. The van der Waals surface area contributed by atoms with Gasteiger partial charge in [0, 0.05) is 31.1 Å². The molecule has 1 aliphatic heterocycles. The van der Waals surface area contributed by atoms with Crippen molar-refractivity contribution in [2.24, 2.45) is 5.73 Å². The Kier molecular flexibility index (Phi) is 3.17. The van der Waals surface area contributed by atoms with E-state index in [1.165, 1.54) is 44.3 Å². The zero-order valence-electron chi connectivity index (χ0n) is 10.4. The van der Waals surface area contributed by atoms with Crippen LogP contribution in [0, 0.1) is 0 Å². The predicted octanol–water partition coefficient (Wildman–Crippen LogP) is 2.36. The summed E-state index contributed by atoms with van der Waals surface area (Å²) in [6.07, 6.45) is 5.22. The van der Waals surface area contributed by atoms with Gasteiger partial charge in [-0.05, 0) is 18.4 Å². The highest BCUT2D eigenvalue weighted by atomic mass is 15.2. The lowest BCUT2D eigenvalue weighted by Crippen LogP contribution is -2.57. The molecular weight excluding hydrogens is 208 g/mol. The van der Waals surface area contributed by atoms with E-state index in [0.29, 0.717) is 12.1 Å². The summed E-state index contributed by atoms with van der Waals surface area (Å²) < 4.78 is 0. The largest absolute Gasteiger partial charge is 0.326 e. The number of nitrogens with zero attached hydrogens (tertiary/aromatic N) is 1. The molecule has 2 fully saturated rings. The van der Waals surface area contributed by atoms with E-state index in [4.69, 9.17) is 5.73 Å². The summed E-state index contributed by atoms with van der Waals surface area (Å²) in [5.74, 6) is 0.741. The Labute approximate surface area is 104 Å². The molecule has 0 aromatic heterocycles. The SMILES string of the molecule is NC1CCCCC1N1CC(c2ccccc2)C1. The molecule has 2 N–H and O–H groups in total. The highest BCUT2D eigenvalue weighted by molar-refractivity contribution is 5.23. The molecule has 0 bridgehead atoms. The van der Waals surface area contributed by atoms with Crippen molar-refractivity contribution in [3.63, 3.8) is 0 Å². The molecule has 0 amide bonds. The van der Waals surface area contributed by atoms with Gasteiger partial charge >= 0.3 is 0 Å². The third-order valence-corrected chi connectivity index (χ3v) is 4.43. The van der Waals surface area contributed by atoms with Gasteiger partial charge in [0.15, 0.2) is 0 Å². The van der Waals surface area contributed by atoms with Crippen LogP contribution in [0.5, 0.6) is 0 Å². The molecule has 2 atom stereocenters. The highest BCUT2D eigenvalue weighted by Crippen LogP contribution is 2.32. The van der Waals surface area contributed by atoms with Crippen molar-refractivity contribution in [1.82, 2.24) is 4.90 Å². The Hall–Kier alpha value is -0.860. The van der Waals surface area contributed by atoms with Gasteiger partial charge in [-0.3, -0.25) is 4.90 Å². The van der Waals surface area contributed by atoms with E-state index in [9.17, 15) is 0 Å². The van der Waals surface area contributed by atoms with Crippen LogP contribution in [-0.4, -0.2) is 30.1 Å². The van der Waals surface area contributed by atoms with Gasteiger partial charge in [-0.1, -0.05) is 43.2 Å². The molecule has 92 valence electrons. The van der Waals surface area contributed by atoms with Gasteiger partial charge in [0.1, 0.15) is 0 Å². The number of rotatable bonds is 2. The lowest BCUT2D eigenvalue weighted by Gasteiger charge is -2.48. The van der Waals surface area contributed by atoms with Crippen LogP contribution in [0.15, 0.2) is 30.3 Å². The summed E-state index contributed by atoms with van der Waals surface area (Å²) in [6, 6.07) is 12.0. The Morgan fingerprint density at radius 2 is 1.71 bits per heavy atom. The number of hydrogen-bond donors (Lipinski definition) is 1. The smallest absolute Gasteiger partial charge is 0.0247 e. The van der Waals surface area contributed by atoms with Gasteiger partial charge in [0.25, 0.3) is 0 Å². The van der Waals surface area contributed by atoms with Crippen LogP contribution in [0.1, 0.15) is 37.2 Å². The zero-order valence-corrected chi connectivity index (χ0v) is 10.4. The van der Waals surface area contributed by atoms with Crippen LogP contribution in [0.3, 0.4) is 0 Å². The van der Waals surface area contributed by atoms with Crippen LogP contribution >= 0.6 is 0 Å². The predicted molar refractivity (Wildman–Crippen MR) is 71.0 cm³/mol. The second kappa shape index (κ2) is 4.79. The lowest BCUT2D eigenvalue weighted by molar-refractivity contribution is 0.0573. The minimum absolute atomic E-state index is 0.417. The summed E-state index contributed by atoms with van der Waals surface area (Å²) >= 11 is 0. The van der Waals surface area contributed by atoms with E-state index in [2.05, 4.69) is 35.2 Å². The zero-order chi connectivity index (χ0) is 11.7. The van der Waals surface area contributed by atoms with Gasteiger partial charge in [0.2, 0.25) is 0 Å². The molecule has 17 heavy (non-hydrogen) atoms. The van der Waals surface area contributed by atoms with E-state index in [0.717, 1.165) is 5.92 Å². The molecule has 2 heteroatoms. The molecule has 2 nitrogen and oxygen atoms in total. The first-order valence-electron chi connectivity index (χ1n) is 6.89. The first-order chi connectivity index (χ1) is 8.34. The first kappa shape index (κ1) is 11.2. The summed E-state index contributed by atoms with van der Waals surface area (Å²) in [6.45, 7) is 2.42. The van der Waals surface area contributed by atoms with Gasteiger partial charge in [-0.25, -0.2) is 0 Å². The van der Waals surface area contributed by atoms with Crippen molar-refractivity contribution >= 4 is 0 Å². The van der Waals surface area contributed by atoms with Crippen LogP contribution < -0.4 is 5.73 Å². The second-order valence-corrected chi connectivity index (χ2v) is 5.58. The van der Waals surface area contributed by atoms with Crippen molar-refractivity contribution in [2.75, 3.05) is 13.1 Å². The van der Waals surface area contributed by atoms with Gasteiger partial charge < -0.3 is 5.73 Å². The molecule has 0 spiro atoms. The maximum Gasteiger partial charge on any atom is 0.0247 e. The molecule has 0 radical (unpaired) electrons. The van der Waals surface area contributed by atoms with Crippen LogP contribution in [-0.2, 0) is 0 Å². The third kappa shape index (κ3) is 2.24. The summed E-state index contributed by atoms with van der Waals surface area (Å²) in [4.78, 5) is 2.60. The quantitative estimate of drug-likeness (QED) is 0.845. The molecule has 2 unspecified atom stereocenters. The second-order valence-electron chi connectivity index (χ2n) is 5.58. The van der Waals surface area contributed by atoms with E-state index < -0.39 is 0 Å². The summed E-state index contributed by atoms with van der Waals surface area (Å²) in [5.41, 5.74) is 7.73. The monoisotopic (exact) mass is 230 g/mol. The third-order valence-electron chi connectivity index (χ3n) is 4.43. The van der Waals surface area contributed by atoms with E-state index >= 15 is 0 Å². The molecule has 3 rings (SSSR count). The number of nitrogens with two attached hydrogens (primary N) is 1. The molecule has 1 aliphatic carbocycles. The normalized spacial score (nSPS) is 31.1. The fraction of sp³-hybridized carbons (Fsp3) is 0.600. The average Bonchev–Trinajstić information content (AvgIpc) is 2.31. The minimum atomic E-state index is 0.417. The summed E-state index contributed by atoms with van der Waals surface area (Å²) in [5, 5.41) is 0.